The first kappa shape index (κ1) is 14.6. The molecule has 1 aliphatic rings. The Kier molecular flexibility index (Phi) is 4.40. The molecule has 0 unspecified atom stereocenters. The van der Waals surface area contributed by atoms with Crippen molar-refractivity contribution in [2.24, 2.45) is 0 Å². The summed E-state index contributed by atoms with van der Waals surface area (Å²) in [6, 6.07) is 7.37. The van der Waals surface area contributed by atoms with Gasteiger partial charge in [0.1, 0.15) is 4.88 Å². The molecule has 1 fully saturated rings. The second-order valence-corrected chi connectivity index (χ2v) is 6.29. The van der Waals surface area contributed by atoms with Gasteiger partial charge in [0.15, 0.2) is 5.01 Å². The number of thiazole rings is 1. The number of anilines is 1. The van der Waals surface area contributed by atoms with Crippen LogP contribution < -0.4 is 5.73 Å². The number of rotatable bonds is 1. The number of amides is 1. The van der Waals surface area contributed by atoms with Gasteiger partial charge >= 0.3 is 0 Å². The molecule has 0 aliphatic carbocycles. The van der Waals surface area contributed by atoms with Crippen LogP contribution in [-0.4, -0.2) is 28.9 Å². The average Bonchev–Trinajstić information content (AvgIpc) is 3.03. The van der Waals surface area contributed by atoms with E-state index < -0.39 is 0 Å². The second kappa shape index (κ2) is 6.63. The molecule has 5 heteroatoms. The number of aromatic nitrogens is 1. The summed E-state index contributed by atoms with van der Waals surface area (Å²) in [6.07, 6.45) is 5.03. The fourth-order valence-corrected chi connectivity index (χ4v) is 3.11. The number of nitrogens with zero attached hydrogens (tertiary/aromatic N) is 2. The van der Waals surface area contributed by atoms with Crippen LogP contribution in [0.25, 0.3) is 0 Å². The Labute approximate surface area is 134 Å². The fourth-order valence-electron chi connectivity index (χ4n) is 2.38. The van der Waals surface area contributed by atoms with Crippen molar-refractivity contribution in [3.8, 4) is 11.8 Å². The van der Waals surface area contributed by atoms with Crippen molar-refractivity contribution in [2.75, 3.05) is 18.8 Å². The standard InChI is InChI=1S/C17H17N3OS/c18-14-7-4-13(5-8-14)6-9-16-19-12-15(22-16)17(21)20-10-2-1-3-11-20/h4-5,7-8,12H,1-3,10-11,18H2. The topological polar surface area (TPSA) is 59.2 Å². The van der Waals surface area contributed by atoms with Crippen LogP contribution in [0.15, 0.2) is 30.5 Å². The second-order valence-electron chi connectivity index (χ2n) is 5.25. The number of hydrogen-bond acceptors (Lipinski definition) is 4. The molecule has 1 aromatic heterocycles. The van der Waals surface area contributed by atoms with E-state index in [0.717, 1.165) is 31.5 Å². The highest BCUT2D eigenvalue weighted by Crippen LogP contribution is 2.18. The van der Waals surface area contributed by atoms with E-state index >= 15 is 0 Å². The Bertz CT molecular complexity index is 718. The first-order valence-corrected chi connectivity index (χ1v) is 8.17. The lowest BCUT2D eigenvalue weighted by molar-refractivity contribution is 0.0729. The maximum absolute atomic E-state index is 12.4. The van der Waals surface area contributed by atoms with Gasteiger partial charge < -0.3 is 10.6 Å². The monoisotopic (exact) mass is 311 g/mol. The van der Waals surface area contributed by atoms with Crippen LogP contribution in [0.4, 0.5) is 5.69 Å². The zero-order valence-corrected chi connectivity index (χ0v) is 13.0. The fraction of sp³-hybridized carbons (Fsp3) is 0.294. The molecule has 1 aromatic carbocycles. The largest absolute Gasteiger partial charge is 0.399 e. The number of carbonyl (C=O) groups excluding carboxylic acids is 1. The minimum Gasteiger partial charge on any atom is -0.399 e. The first-order valence-electron chi connectivity index (χ1n) is 7.35. The molecule has 0 bridgehead atoms. The van der Waals surface area contributed by atoms with Crippen molar-refractivity contribution in [3.05, 3.63) is 45.9 Å². The van der Waals surface area contributed by atoms with Gasteiger partial charge in [0.2, 0.25) is 0 Å². The maximum atomic E-state index is 12.4. The third kappa shape index (κ3) is 3.46. The summed E-state index contributed by atoms with van der Waals surface area (Å²) in [6.45, 7) is 1.70. The molecule has 2 heterocycles. The smallest absolute Gasteiger partial charge is 0.265 e. The molecule has 2 N–H and O–H groups in total. The zero-order valence-electron chi connectivity index (χ0n) is 12.2. The van der Waals surface area contributed by atoms with Crippen molar-refractivity contribution < 1.29 is 4.79 Å². The van der Waals surface area contributed by atoms with Gasteiger partial charge in [-0.15, -0.1) is 11.3 Å². The van der Waals surface area contributed by atoms with Crippen molar-refractivity contribution in [2.45, 2.75) is 19.3 Å². The van der Waals surface area contributed by atoms with Crippen LogP contribution in [0.1, 0.15) is 39.5 Å². The number of piperidine rings is 1. The Balaban J connectivity index is 1.71. The summed E-state index contributed by atoms with van der Waals surface area (Å²) < 4.78 is 0. The van der Waals surface area contributed by atoms with Crippen molar-refractivity contribution in [3.63, 3.8) is 0 Å². The quantitative estimate of drug-likeness (QED) is 0.651. The molecular formula is C17H17N3OS. The van der Waals surface area contributed by atoms with Gasteiger partial charge in [-0.05, 0) is 49.4 Å². The predicted octanol–water partition coefficient (Wildman–Crippen LogP) is 2.75. The Morgan fingerprint density at radius 3 is 2.59 bits per heavy atom. The normalized spacial score (nSPS) is 14.3. The summed E-state index contributed by atoms with van der Waals surface area (Å²) in [7, 11) is 0. The molecule has 0 spiro atoms. The van der Waals surface area contributed by atoms with Crippen LogP contribution in [0.5, 0.6) is 0 Å². The number of nitrogens with two attached hydrogens (primary N) is 1. The predicted molar refractivity (Wildman–Crippen MR) is 88.7 cm³/mol. The molecule has 3 rings (SSSR count). The van der Waals surface area contributed by atoms with Gasteiger partial charge in [-0.3, -0.25) is 4.79 Å². The van der Waals surface area contributed by atoms with E-state index in [1.807, 2.05) is 29.2 Å². The number of likely N-dealkylation sites (tertiary alicyclic amines) is 1. The molecule has 1 aliphatic heterocycles. The molecule has 0 saturated carbocycles. The highest BCUT2D eigenvalue weighted by atomic mass is 32.1. The Morgan fingerprint density at radius 1 is 1.14 bits per heavy atom. The van der Waals surface area contributed by atoms with Gasteiger partial charge in [0.25, 0.3) is 5.91 Å². The van der Waals surface area contributed by atoms with E-state index in [2.05, 4.69) is 16.8 Å². The lowest BCUT2D eigenvalue weighted by atomic mass is 10.1. The van der Waals surface area contributed by atoms with E-state index in [1.54, 1.807) is 6.20 Å². The van der Waals surface area contributed by atoms with Crippen molar-refractivity contribution in [1.29, 1.82) is 0 Å². The summed E-state index contributed by atoms with van der Waals surface area (Å²) in [4.78, 5) is 19.2. The SMILES string of the molecule is Nc1ccc(C#Cc2ncc(C(=O)N3CCCCC3)s2)cc1. The van der Waals surface area contributed by atoms with Crippen molar-refractivity contribution in [1.82, 2.24) is 9.88 Å². The molecule has 2 aromatic rings. The summed E-state index contributed by atoms with van der Waals surface area (Å²) in [5.41, 5.74) is 7.24. The van der Waals surface area contributed by atoms with E-state index in [-0.39, 0.29) is 5.91 Å². The van der Waals surface area contributed by atoms with Gasteiger partial charge in [-0.1, -0.05) is 5.92 Å². The molecule has 4 nitrogen and oxygen atoms in total. The van der Waals surface area contributed by atoms with E-state index in [1.165, 1.54) is 17.8 Å². The molecule has 112 valence electrons. The van der Waals surface area contributed by atoms with Gasteiger partial charge in [-0.25, -0.2) is 4.98 Å². The highest BCUT2D eigenvalue weighted by Gasteiger charge is 2.19. The number of nitrogen functional groups attached to an aromatic ring is 1. The van der Waals surface area contributed by atoms with Crippen LogP contribution in [0, 0.1) is 11.8 Å². The summed E-state index contributed by atoms with van der Waals surface area (Å²) in [5.74, 6) is 6.12. The first-order chi connectivity index (χ1) is 10.7. The molecule has 1 saturated heterocycles. The molecule has 22 heavy (non-hydrogen) atoms. The summed E-state index contributed by atoms with van der Waals surface area (Å²) in [5, 5.41) is 0.664. The highest BCUT2D eigenvalue weighted by molar-refractivity contribution is 7.14. The van der Waals surface area contributed by atoms with Gasteiger partial charge in [0.05, 0.1) is 6.20 Å². The minimum absolute atomic E-state index is 0.0812. The van der Waals surface area contributed by atoms with Crippen LogP contribution in [0.3, 0.4) is 0 Å². The third-order valence-electron chi connectivity index (χ3n) is 3.58. The van der Waals surface area contributed by atoms with E-state index in [4.69, 9.17) is 5.73 Å². The Hall–Kier alpha value is -2.32. The maximum Gasteiger partial charge on any atom is 0.265 e. The molecular weight excluding hydrogens is 294 g/mol. The molecule has 0 radical (unpaired) electrons. The van der Waals surface area contributed by atoms with E-state index in [0.29, 0.717) is 15.6 Å². The lowest BCUT2D eigenvalue weighted by Crippen LogP contribution is -2.35. The lowest BCUT2D eigenvalue weighted by Gasteiger charge is -2.25. The zero-order chi connectivity index (χ0) is 15.4. The number of carbonyl (C=O) groups is 1. The third-order valence-corrected chi connectivity index (χ3v) is 4.48. The Morgan fingerprint density at radius 2 is 1.86 bits per heavy atom. The van der Waals surface area contributed by atoms with Crippen LogP contribution >= 0.6 is 11.3 Å². The number of hydrogen-bond donors (Lipinski definition) is 1. The van der Waals surface area contributed by atoms with Crippen LogP contribution in [-0.2, 0) is 0 Å². The number of benzene rings is 1. The van der Waals surface area contributed by atoms with Gasteiger partial charge in [0, 0.05) is 24.3 Å². The van der Waals surface area contributed by atoms with Crippen molar-refractivity contribution >= 4 is 22.9 Å². The molecule has 0 atom stereocenters. The minimum atomic E-state index is 0.0812. The summed E-state index contributed by atoms with van der Waals surface area (Å²) >= 11 is 1.36. The van der Waals surface area contributed by atoms with Crippen LogP contribution in [0.2, 0.25) is 0 Å². The van der Waals surface area contributed by atoms with E-state index in [9.17, 15) is 4.79 Å². The van der Waals surface area contributed by atoms with Gasteiger partial charge in [-0.2, -0.15) is 0 Å². The average molecular weight is 311 g/mol. The molecule has 1 amide bonds.